The molecular weight excluding hydrogens is 204 g/mol. The van der Waals surface area contributed by atoms with Gasteiger partial charge < -0.3 is 0 Å². The summed E-state index contributed by atoms with van der Waals surface area (Å²) >= 11 is 0. The molecule has 0 radical (unpaired) electrons. The minimum absolute atomic E-state index is 0.106. The molecule has 1 unspecified atom stereocenters. The van der Waals surface area contributed by atoms with Crippen LogP contribution in [-0.4, -0.2) is 20.2 Å². The summed E-state index contributed by atoms with van der Waals surface area (Å²) in [6.07, 6.45) is 0. The number of aromatic nitrogens is 4. The molecule has 0 amide bonds. The van der Waals surface area contributed by atoms with Crippen LogP contribution >= 0.6 is 0 Å². The topological polar surface area (TPSA) is 63.6 Å². The van der Waals surface area contributed by atoms with Gasteiger partial charge in [0.1, 0.15) is 0 Å². The number of aromatic amines is 1. The average Bonchev–Trinajstić information content (AvgIpc) is 2.67. The maximum atomic E-state index is 11.4. The predicted octanol–water partition coefficient (Wildman–Crippen LogP) is 1.19. The summed E-state index contributed by atoms with van der Waals surface area (Å²) in [6.45, 7) is 6.04. The third-order valence-corrected chi connectivity index (χ3v) is 2.88. The maximum Gasteiger partial charge on any atom is 0.361 e. The molecule has 0 saturated carbocycles. The molecule has 0 fully saturated rings. The van der Waals surface area contributed by atoms with Crippen LogP contribution in [0.4, 0.5) is 0 Å². The van der Waals surface area contributed by atoms with Crippen LogP contribution in [0.25, 0.3) is 0 Å². The molecule has 5 heteroatoms. The molecule has 1 N–H and O–H groups in total. The Morgan fingerprint density at radius 1 is 1.31 bits per heavy atom. The Kier molecular flexibility index (Phi) is 2.60. The van der Waals surface area contributed by atoms with Crippen molar-refractivity contribution >= 4 is 0 Å². The predicted molar refractivity (Wildman–Crippen MR) is 60.4 cm³/mol. The van der Waals surface area contributed by atoms with E-state index in [9.17, 15) is 4.79 Å². The third kappa shape index (κ3) is 1.76. The highest BCUT2D eigenvalue weighted by molar-refractivity contribution is 5.31. The van der Waals surface area contributed by atoms with E-state index in [-0.39, 0.29) is 11.7 Å². The highest BCUT2D eigenvalue weighted by Gasteiger charge is 2.12. The summed E-state index contributed by atoms with van der Waals surface area (Å²) in [7, 11) is 0. The van der Waals surface area contributed by atoms with Crippen molar-refractivity contribution in [2.45, 2.75) is 26.8 Å². The van der Waals surface area contributed by atoms with Gasteiger partial charge in [-0.15, -0.1) is 0 Å². The van der Waals surface area contributed by atoms with Gasteiger partial charge in [-0.3, -0.25) is 0 Å². The Labute approximate surface area is 93.1 Å². The summed E-state index contributed by atoms with van der Waals surface area (Å²) in [5.74, 6) is 0. The smallest absolute Gasteiger partial charge is 0.244 e. The van der Waals surface area contributed by atoms with E-state index in [1.807, 2.05) is 19.1 Å². The van der Waals surface area contributed by atoms with E-state index in [1.165, 1.54) is 15.8 Å². The largest absolute Gasteiger partial charge is 0.361 e. The molecule has 0 aliphatic heterocycles. The standard InChI is InChI=1S/C11H14N4O/c1-7-4-5-10(6-8(7)2)9(3)15-11(16)12-13-14-15/h4-6,9H,1-3H3,(H,12,14,16). The van der Waals surface area contributed by atoms with Crippen molar-refractivity contribution in [2.24, 2.45) is 0 Å². The van der Waals surface area contributed by atoms with Crippen LogP contribution in [0.2, 0.25) is 0 Å². The minimum Gasteiger partial charge on any atom is -0.244 e. The molecule has 0 spiro atoms. The van der Waals surface area contributed by atoms with E-state index >= 15 is 0 Å². The van der Waals surface area contributed by atoms with Gasteiger partial charge in [0.05, 0.1) is 6.04 Å². The van der Waals surface area contributed by atoms with Crippen molar-refractivity contribution in [1.29, 1.82) is 0 Å². The Hall–Kier alpha value is -1.91. The number of rotatable bonds is 2. The number of nitrogens with zero attached hydrogens (tertiary/aromatic N) is 3. The van der Waals surface area contributed by atoms with E-state index in [4.69, 9.17) is 0 Å². The second-order valence-electron chi connectivity index (χ2n) is 3.97. The Balaban J connectivity index is 2.42. The zero-order chi connectivity index (χ0) is 11.7. The van der Waals surface area contributed by atoms with Crippen LogP contribution in [0.1, 0.15) is 29.7 Å². The molecule has 0 bridgehead atoms. The summed E-state index contributed by atoms with van der Waals surface area (Å²) < 4.78 is 1.34. The van der Waals surface area contributed by atoms with Crippen molar-refractivity contribution in [3.05, 3.63) is 45.4 Å². The zero-order valence-electron chi connectivity index (χ0n) is 9.56. The quantitative estimate of drug-likeness (QED) is 0.823. The first-order valence-electron chi connectivity index (χ1n) is 5.16. The molecule has 0 saturated heterocycles. The molecule has 84 valence electrons. The number of H-pyrrole nitrogens is 1. The van der Waals surface area contributed by atoms with Gasteiger partial charge in [0.15, 0.2) is 0 Å². The van der Waals surface area contributed by atoms with E-state index in [1.54, 1.807) is 0 Å². The van der Waals surface area contributed by atoms with Crippen molar-refractivity contribution in [3.8, 4) is 0 Å². The number of nitrogens with one attached hydrogen (secondary N) is 1. The van der Waals surface area contributed by atoms with E-state index in [0.717, 1.165) is 5.56 Å². The van der Waals surface area contributed by atoms with Crippen LogP contribution in [0.5, 0.6) is 0 Å². The molecule has 2 aromatic rings. The van der Waals surface area contributed by atoms with Crippen molar-refractivity contribution < 1.29 is 0 Å². The number of hydrogen-bond donors (Lipinski definition) is 1. The van der Waals surface area contributed by atoms with Crippen LogP contribution in [0.3, 0.4) is 0 Å². The lowest BCUT2D eigenvalue weighted by atomic mass is 10.0. The molecule has 1 aromatic heterocycles. The molecular formula is C11H14N4O. The molecule has 1 heterocycles. The Morgan fingerprint density at radius 3 is 2.62 bits per heavy atom. The van der Waals surface area contributed by atoms with Gasteiger partial charge in [-0.05, 0) is 47.9 Å². The summed E-state index contributed by atoms with van der Waals surface area (Å²) in [5.41, 5.74) is 3.22. The lowest BCUT2D eigenvalue weighted by molar-refractivity contribution is 0.528. The number of aryl methyl sites for hydroxylation is 2. The first kappa shape index (κ1) is 10.6. The van der Waals surface area contributed by atoms with Gasteiger partial charge in [0.25, 0.3) is 0 Å². The fraction of sp³-hybridized carbons (Fsp3) is 0.364. The fourth-order valence-corrected chi connectivity index (χ4v) is 1.62. The molecule has 5 nitrogen and oxygen atoms in total. The number of hydrogen-bond acceptors (Lipinski definition) is 3. The fourth-order valence-electron chi connectivity index (χ4n) is 1.62. The van der Waals surface area contributed by atoms with E-state index < -0.39 is 0 Å². The summed E-state index contributed by atoms with van der Waals surface area (Å²) in [4.78, 5) is 11.4. The first-order valence-corrected chi connectivity index (χ1v) is 5.16. The highest BCUT2D eigenvalue weighted by atomic mass is 16.2. The van der Waals surface area contributed by atoms with Crippen LogP contribution < -0.4 is 5.69 Å². The van der Waals surface area contributed by atoms with Crippen molar-refractivity contribution in [3.63, 3.8) is 0 Å². The van der Waals surface area contributed by atoms with Gasteiger partial charge in [0.2, 0.25) is 0 Å². The lowest BCUT2D eigenvalue weighted by Gasteiger charge is -2.11. The van der Waals surface area contributed by atoms with Crippen molar-refractivity contribution in [2.75, 3.05) is 0 Å². The van der Waals surface area contributed by atoms with E-state index in [2.05, 4.69) is 35.4 Å². The van der Waals surface area contributed by atoms with Gasteiger partial charge in [-0.25, -0.2) is 9.89 Å². The first-order chi connectivity index (χ1) is 7.59. The minimum atomic E-state index is -0.286. The summed E-state index contributed by atoms with van der Waals surface area (Å²) in [6, 6.07) is 6.02. The van der Waals surface area contributed by atoms with E-state index in [0.29, 0.717) is 0 Å². The van der Waals surface area contributed by atoms with Gasteiger partial charge >= 0.3 is 5.69 Å². The number of benzene rings is 1. The Morgan fingerprint density at radius 2 is 2.06 bits per heavy atom. The van der Waals surface area contributed by atoms with Crippen molar-refractivity contribution in [1.82, 2.24) is 20.2 Å². The number of tetrazole rings is 1. The summed E-state index contributed by atoms with van der Waals surface area (Å²) in [5, 5.41) is 9.52. The molecule has 16 heavy (non-hydrogen) atoms. The molecule has 0 aliphatic rings. The second kappa shape index (κ2) is 3.92. The molecule has 0 aliphatic carbocycles. The van der Waals surface area contributed by atoms with Crippen LogP contribution in [0.15, 0.2) is 23.0 Å². The SMILES string of the molecule is Cc1ccc(C(C)n2nn[nH]c2=O)cc1C. The molecule has 1 aromatic carbocycles. The molecule has 1 atom stereocenters. The Bertz CT molecular complexity index is 555. The normalized spacial score (nSPS) is 12.7. The maximum absolute atomic E-state index is 11.4. The molecule has 2 rings (SSSR count). The lowest BCUT2D eigenvalue weighted by Crippen LogP contribution is -2.22. The second-order valence-corrected chi connectivity index (χ2v) is 3.97. The van der Waals surface area contributed by atoms with Gasteiger partial charge in [0, 0.05) is 0 Å². The zero-order valence-corrected chi connectivity index (χ0v) is 9.56. The van der Waals surface area contributed by atoms with Gasteiger partial charge in [-0.2, -0.15) is 4.68 Å². The van der Waals surface area contributed by atoms with Crippen LogP contribution in [0, 0.1) is 13.8 Å². The highest BCUT2D eigenvalue weighted by Crippen LogP contribution is 2.18. The van der Waals surface area contributed by atoms with Crippen LogP contribution in [-0.2, 0) is 0 Å². The van der Waals surface area contributed by atoms with Gasteiger partial charge in [-0.1, -0.05) is 18.2 Å². The monoisotopic (exact) mass is 218 g/mol. The third-order valence-electron chi connectivity index (χ3n) is 2.88. The average molecular weight is 218 g/mol.